The van der Waals surface area contributed by atoms with Crippen molar-refractivity contribution < 1.29 is 19.4 Å². The highest BCUT2D eigenvalue weighted by Gasteiger charge is 2.44. The lowest BCUT2D eigenvalue weighted by Gasteiger charge is -2.35. The molecule has 0 spiro atoms. The van der Waals surface area contributed by atoms with Gasteiger partial charge in [-0.1, -0.05) is 48.0 Å². The molecule has 170 valence electrons. The Kier molecular flexibility index (Phi) is 5.06. The number of benzene rings is 4. The summed E-state index contributed by atoms with van der Waals surface area (Å²) in [6, 6.07) is 21.4. The van der Waals surface area contributed by atoms with Crippen LogP contribution in [0.1, 0.15) is 31.8 Å². The molecular formula is C26H20ClN3O4. The lowest BCUT2D eigenvalue weighted by molar-refractivity contribution is 0.0696. The Hall–Kier alpha value is -4.23. The van der Waals surface area contributed by atoms with Crippen LogP contribution in [-0.4, -0.2) is 24.1 Å². The SMILES string of the molecule is COc1ccc2ccccc2c1C1(c2ccc(C(N)=O)cc2Cl)Nc2ccc(C(=O)O)cc2N1. The van der Waals surface area contributed by atoms with Crippen molar-refractivity contribution in [2.24, 2.45) is 5.73 Å². The topological polar surface area (TPSA) is 114 Å². The third-order valence-corrected chi connectivity index (χ3v) is 6.37. The maximum absolute atomic E-state index is 11.7. The molecule has 1 aliphatic heterocycles. The summed E-state index contributed by atoms with van der Waals surface area (Å²) in [7, 11) is 1.59. The molecule has 0 fully saturated rings. The van der Waals surface area contributed by atoms with Crippen molar-refractivity contribution in [3.63, 3.8) is 0 Å². The number of carbonyl (C=O) groups excluding carboxylic acids is 1. The van der Waals surface area contributed by atoms with Crippen LogP contribution in [0.5, 0.6) is 5.75 Å². The fraction of sp³-hybridized carbons (Fsp3) is 0.0769. The second-order valence-corrected chi connectivity index (χ2v) is 8.40. The van der Waals surface area contributed by atoms with Crippen molar-refractivity contribution in [1.29, 1.82) is 0 Å². The summed E-state index contributed by atoms with van der Waals surface area (Å²) >= 11 is 6.74. The number of carboxylic acid groups (broad SMARTS) is 1. The molecule has 1 amide bonds. The van der Waals surface area contributed by atoms with Crippen molar-refractivity contribution >= 4 is 45.6 Å². The largest absolute Gasteiger partial charge is 0.496 e. The Labute approximate surface area is 200 Å². The van der Waals surface area contributed by atoms with Crippen molar-refractivity contribution in [3.8, 4) is 5.75 Å². The number of nitrogens with two attached hydrogens (primary N) is 1. The van der Waals surface area contributed by atoms with Crippen molar-refractivity contribution in [1.82, 2.24) is 0 Å². The van der Waals surface area contributed by atoms with Crippen molar-refractivity contribution in [3.05, 3.63) is 100 Å². The molecule has 4 aromatic carbocycles. The number of nitrogens with one attached hydrogen (secondary N) is 2. The number of hydrogen-bond donors (Lipinski definition) is 4. The minimum atomic E-state index is -1.14. The zero-order valence-electron chi connectivity index (χ0n) is 18.1. The summed E-state index contributed by atoms with van der Waals surface area (Å²) < 4.78 is 5.78. The molecule has 34 heavy (non-hydrogen) atoms. The number of rotatable bonds is 5. The zero-order valence-corrected chi connectivity index (χ0v) is 18.8. The molecule has 1 unspecified atom stereocenters. The first kappa shape index (κ1) is 21.6. The Morgan fingerprint density at radius 3 is 2.38 bits per heavy atom. The lowest BCUT2D eigenvalue weighted by Crippen LogP contribution is -2.41. The molecule has 4 aromatic rings. The van der Waals surface area contributed by atoms with E-state index in [2.05, 4.69) is 10.6 Å². The van der Waals surface area contributed by atoms with Gasteiger partial charge >= 0.3 is 5.97 Å². The first-order valence-electron chi connectivity index (χ1n) is 10.4. The van der Waals surface area contributed by atoms with Gasteiger partial charge in [-0.05, 0) is 47.2 Å². The van der Waals surface area contributed by atoms with Crippen LogP contribution in [0.25, 0.3) is 10.8 Å². The third kappa shape index (κ3) is 3.29. The molecule has 5 N–H and O–H groups in total. The zero-order chi connectivity index (χ0) is 24.0. The average molecular weight is 474 g/mol. The van der Waals surface area contributed by atoms with Crippen LogP contribution in [0, 0.1) is 0 Å². The van der Waals surface area contributed by atoms with Crippen LogP contribution < -0.4 is 21.1 Å². The van der Waals surface area contributed by atoms with Crippen LogP contribution in [0.3, 0.4) is 0 Å². The molecule has 1 heterocycles. The number of aromatic carboxylic acids is 1. The summed E-state index contributed by atoms with van der Waals surface area (Å²) in [5.74, 6) is -1.03. The number of primary amides is 1. The van der Waals surface area contributed by atoms with Crippen LogP contribution in [0.15, 0.2) is 72.8 Å². The van der Waals surface area contributed by atoms with Gasteiger partial charge in [0.05, 0.1) is 29.6 Å². The van der Waals surface area contributed by atoms with Gasteiger partial charge in [-0.25, -0.2) is 4.79 Å². The molecular weight excluding hydrogens is 454 g/mol. The van der Waals surface area contributed by atoms with E-state index in [1.807, 2.05) is 36.4 Å². The van der Waals surface area contributed by atoms with E-state index in [-0.39, 0.29) is 11.1 Å². The number of fused-ring (bicyclic) bond motifs is 2. The van der Waals surface area contributed by atoms with Crippen molar-refractivity contribution in [2.45, 2.75) is 5.66 Å². The lowest BCUT2D eigenvalue weighted by atomic mass is 9.86. The summed E-state index contributed by atoms with van der Waals surface area (Å²) in [4.78, 5) is 23.3. The second kappa shape index (κ2) is 7.97. The number of hydrogen-bond acceptors (Lipinski definition) is 5. The molecule has 5 rings (SSSR count). The predicted molar refractivity (Wildman–Crippen MR) is 132 cm³/mol. The summed E-state index contributed by atoms with van der Waals surface area (Å²) in [6.07, 6.45) is 0. The monoisotopic (exact) mass is 473 g/mol. The van der Waals surface area contributed by atoms with Crippen LogP contribution in [-0.2, 0) is 5.66 Å². The van der Waals surface area contributed by atoms with Gasteiger partial charge in [0.15, 0.2) is 5.66 Å². The summed E-state index contributed by atoms with van der Waals surface area (Å²) in [5.41, 5.74) is 7.39. The summed E-state index contributed by atoms with van der Waals surface area (Å²) in [5, 5.41) is 18.7. The van der Waals surface area contributed by atoms with Crippen LogP contribution >= 0.6 is 11.6 Å². The predicted octanol–water partition coefficient (Wildman–Crippen LogP) is 5.04. The van der Waals surface area contributed by atoms with E-state index in [1.165, 1.54) is 12.1 Å². The van der Waals surface area contributed by atoms with E-state index in [4.69, 9.17) is 22.1 Å². The molecule has 8 heteroatoms. The highest BCUT2D eigenvalue weighted by molar-refractivity contribution is 6.32. The number of carbonyl (C=O) groups is 2. The third-order valence-electron chi connectivity index (χ3n) is 6.05. The molecule has 0 saturated carbocycles. The number of halogens is 1. The summed E-state index contributed by atoms with van der Waals surface area (Å²) in [6.45, 7) is 0. The molecule has 1 aliphatic rings. The quantitative estimate of drug-likeness (QED) is 0.323. The standard InChI is InChI=1S/C26H20ClN3O4/c1-34-22-11-8-14-4-2-3-5-17(14)23(22)26(18-9-6-15(24(28)31)12-19(18)27)29-20-10-7-16(25(32)33)13-21(20)30-26/h2-13,29-30H,1H3,(H2,28,31)(H,32,33). The Balaban J connectivity index is 1.83. The van der Waals surface area contributed by atoms with Gasteiger partial charge < -0.3 is 26.2 Å². The van der Waals surface area contributed by atoms with E-state index >= 15 is 0 Å². The number of ether oxygens (including phenoxy) is 1. The fourth-order valence-corrected chi connectivity index (χ4v) is 4.82. The molecule has 0 radical (unpaired) electrons. The van der Waals surface area contributed by atoms with E-state index in [9.17, 15) is 14.7 Å². The van der Waals surface area contributed by atoms with E-state index in [1.54, 1.807) is 31.4 Å². The number of methoxy groups -OCH3 is 1. The second-order valence-electron chi connectivity index (χ2n) is 7.99. The maximum Gasteiger partial charge on any atom is 0.335 e. The van der Waals surface area contributed by atoms with Gasteiger partial charge in [-0.3, -0.25) is 4.79 Å². The minimum absolute atomic E-state index is 0.143. The smallest absolute Gasteiger partial charge is 0.335 e. The number of amides is 1. The van der Waals surface area contributed by atoms with Crippen LogP contribution in [0.2, 0.25) is 5.02 Å². The molecule has 0 aliphatic carbocycles. The Morgan fingerprint density at radius 1 is 0.941 bits per heavy atom. The van der Waals surface area contributed by atoms with Gasteiger partial charge in [0.1, 0.15) is 5.75 Å². The molecule has 0 aromatic heterocycles. The fourth-order valence-electron chi connectivity index (χ4n) is 4.50. The minimum Gasteiger partial charge on any atom is -0.496 e. The highest BCUT2D eigenvalue weighted by atomic mass is 35.5. The van der Waals surface area contributed by atoms with Crippen molar-refractivity contribution in [2.75, 3.05) is 17.7 Å². The Morgan fingerprint density at radius 2 is 1.68 bits per heavy atom. The maximum atomic E-state index is 11.7. The van der Waals surface area contributed by atoms with Crippen LogP contribution in [0.4, 0.5) is 11.4 Å². The van der Waals surface area contributed by atoms with E-state index in [0.717, 1.165) is 16.3 Å². The van der Waals surface area contributed by atoms with Gasteiger partial charge in [0, 0.05) is 16.1 Å². The molecule has 0 saturated heterocycles. The first-order chi connectivity index (χ1) is 16.3. The Bertz CT molecular complexity index is 1490. The number of anilines is 2. The number of carboxylic acids is 1. The normalized spacial score (nSPS) is 16.4. The molecule has 0 bridgehead atoms. The highest BCUT2D eigenvalue weighted by Crippen LogP contribution is 2.50. The van der Waals surface area contributed by atoms with E-state index in [0.29, 0.717) is 27.7 Å². The molecule has 7 nitrogen and oxygen atoms in total. The van der Waals surface area contributed by atoms with Gasteiger partial charge in [0.2, 0.25) is 5.91 Å². The van der Waals surface area contributed by atoms with E-state index < -0.39 is 17.5 Å². The average Bonchev–Trinajstić information content (AvgIpc) is 3.22. The van der Waals surface area contributed by atoms with Gasteiger partial charge in [-0.2, -0.15) is 0 Å². The first-order valence-corrected chi connectivity index (χ1v) is 10.8. The molecule has 1 atom stereocenters. The van der Waals surface area contributed by atoms with Gasteiger partial charge in [-0.15, -0.1) is 0 Å². The van der Waals surface area contributed by atoms with Gasteiger partial charge in [0.25, 0.3) is 0 Å².